The Balaban J connectivity index is 1.94. The largest absolute Gasteiger partial charge is 0.463 e. The number of hydrogen-bond acceptors (Lipinski definition) is 3. The van der Waals surface area contributed by atoms with Gasteiger partial charge in [0, 0.05) is 12.6 Å². The molecule has 0 saturated heterocycles. The molecule has 0 radical (unpaired) electrons. The van der Waals surface area contributed by atoms with Gasteiger partial charge in [0.25, 0.3) is 0 Å². The van der Waals surface area contributed by atoms with Crippen LogP contribution in [0.2, 0.25) is 0 Å². The smallest absolute Gasteiger partial charge is 0.330 e. The first-order valence-corrected chi connectivity index (χ1v) is 5.28. The molecule has 1 saturated carbocycles. The highest BCUT2D eigenvalue weighted by molar-refractivity contribution is 5.81. The van der Waals surface area contributed by atoms with E-state index < -0.39 is 0 Å². The fourth-order valence-corrected chi connectivity index (χ4v) is 1.38. The molecular weight excluding hydrogens is 178 g/mol. The average molecular weight is 197 g/mol. The van der Waals surface area contributed by atoms with E-state index in [-0.39, 0.29) is 5.97 Å². The van der Waals surface area contributed by atoms with Crippen LogP contribution in [0, 0.1) is 11.8 Å². The molecule has 1 fully saturated rings. The van der Waals surface area contributed by atoms with Crippen LogP contribution in [0.25, 0.3) is 0 Å². The van der Waals surface area contributed by atoms with E-state index in [4.69, 9.17) is 4.74 Å². The Kier molecular flexibility index (Phi) is 4.66. The topological polar surface area (TPSA) is 38.3 Å². The Morgan fingerprint density at radius 3 is 2.93 bits per heavy atom. The molecular formula is C11H19NO2. The minimum atomic E-state index is -0.255. The fraction of sp³-hybridized carbons (Fsp3) is 0.727. The van der Waals surface area contributed by atoms with Crippen LogP contribution < -0.4 is 5.32 Å². The SMILES string of the molecule is CCOC(=O)/C=C/CNCC1CC1C. The van der Waals surface area contributed by atoms with E-state index in [1.165, 1.54) is 12.5 Å². The first-order valence-electron chi connectivity index (χ1n) is 5.28. The minimum Gasteiger partial charge on any atom is -0.463 e. The number of ether oxygens (including phenoxy) is 1. The van der Waals surface area contributed by atoms with E-state index in [1.54, 1.807) is 6.92 Å². The molecule has 1 aliphatic rings. The first-order chi connectivity index (χ1) is 6.74. The van der Waals surface area contributed by atoms with Gasteiger partial charge in [-0.05, 0) is 31.7 Å². The summed E-state index contributed by atoms with van der Waals surface area (Å²) in [6, 6.07) is 0. The molecule has 3 nitrogen and oxygen atoms in total. The molecule has 2 unspecified atom stereocenters. The van der Waals surface area contributed by atoms with Crippen molar-refractivity contribution in [3.63, 3.8) is 0 Å². The maximum atomic E-state index is 10.9. The average Bonchev–Trinajstić information content (AvgIpc) is 2.82. The number of carbonyl (C=O) groups is 1. The number of rotatable bonds is 6. The molecule has 3 heteroatoms. The van der Waals surface area contributed by atoms with Gasteiger partial charge in [-0.3, -0.25) is 0 Å². The Bertz CT molecular complexity index is 213. The van der Waals surface area contributed by atoms with Gasteiger partial charge in [-0.1, -0.05) is 13.0 Å². The number of hydrogen-bond donors (Lipinski definition) is 1. The van der Waals surface area contributed by atoms with Crippen LogP contribution in [-0.2, 0) is 9.53 Å². The van der Waals surface area contributed by atoms with Crippen LogP contribution in [0.5, 0.6) is 0 Å². The van der Waals surface area contributed by atoms with Gasteiger partial charge in [-0.2, -0.15) is 0 Å². The maximum Gasteiger partial charge on any atom is 0.330 e. The number of esters is 1. The first kappa shape index (κ1) is 11.2. The normalized spacial score (nSPS) is 25.3. The third kappa shape index (κ3) is 4.42. The van der Waals surface area contributed by atoms with Gasteiger partial charge < -0.3 is 10.1 Å². The molecule has 0 aromatic rings. The molecule has 0 aromatic heterocycles. The molecule has 80 valence electrons. The monoisotopic (exact) mass is 197 g/mol. The number of carbonyl (C=O) groups excluding carboxylic acids is 1. The van der Waals surface area contributed by atoms with Gasteiger partial charge in [0.1, 0.15) is 0 Å². The Morgan fingerprint density at radius 1 is 1.64 bits per heavy atom. The molecule has 0 bridgehead atoms. The molecule has 0 heterocycles. The van der Waals surface area contributed by atoms with Crippen molar-refractivity contribution in [1.29, 1.82) is 0 Å². The standard InChI is InChI=1S/C11H19NO2/c1-3-14-11(13)5-4-6-12-8-10-7-9(10)2/h4-5,9-10,12H,3,6-8H2,1-2H3/b5-4+. The lowest BCUT2D eigenvalue weighted by Gasteiger charge is -1.98. The predicted octanol–water partition coefficient (Wildman–Crippen LogP) is 1.35. The van der Waals surface area contributed by atoms with E-state index in [1.807, 2.05) is 6.08 Å². The Hall–Kier alpha value is -0.830. The van der Waals surface area contributed by atoms with Crippen molar-refractivity contribution in [2.45, 2.75) is 20.3 Å². The van der Waals surface area contributed by atoms with E-state index in [0.717, 1.165) is 24.9 Å². The molecule has 2 atom stereocenters. The molecule has 1 aliphatic carbocycles. The van der Waals surface area contributed by atoms with Crippen LogP contribution in [0.1, 0.15) is 20.3 Å². The predicted molar refractivity (Wildman–Crippen MR) is 55.9 cm³/mol. The van der Waals surface area contributed by atoms with E-state index in [2.05, 4.69) is 12.2 Å². The second-order valence-electron chi connectivity index (χ2n) is 3.79. The van der Waals surface area contributed by atoms with Crippen molar-refractivity contribution >= 4 is 5.97 Å². The third-order valence-corrected chi connectivity index (χ3v) is 2.49. The van der Waals surface area contributed by atoms with Gasteiger partial charge >= 0.3 is 5.97 Å². The molecule has 0 aromatic carbocycles. The summed E-state index contributed by atoms with van der Waals surface area (Å²) in [5.41, 5.74) is 0. The summed E-state index contributed by atoms with van der Waals surface area (Å²) in [6.45, 7) is 6.33. The maximum absolute atomic E-state index is 10.9. The van der Waals surface area contributed by atoms with Crippen molar-refractivity contribution in [1.82, 2.24) is 5.32 Å². The zero-order valence-corrected chi connectivity index (χ0v) is 8.95. The highest BCUT2D eigenvalue weighted by Gasteiger charge is 2.31. The van der Waals surface area contributed by atoms with Gasteiger partial charge in [-0.25, -0.2) is 4.79 Å². The Labute approximate surface area is 85.5 Å². The minimum absolute atomic E-state index is 0.255. The van der Waals surface area contributed by atoms with Crippen molar-refractivity contribution in [2.24, 2.45) is 11.8 Å². The summed E-state index contributed by atoms with van der Waals surface area (Å²) in [7, 11) is 0. The molecule has 14 heavy (non-hydrogen) atoms. The molecule has 0 amide bonds. The van der Waals surface area contributed by atoms with Crippen LogP contribution >= 0.6 is 0 Å². The molecule has 0 aliphatic heterocycles. The van der Waals surface area contributed by atoms with E-state index >= 15 is 0 Å². The van der Waals surface area contributed by atoms with Crippen molar-refractivity contribution in [3.05, 3.63) is 12.2 Å². The van der Waals surface area contributed by atoms with Crippen LogP contribution in [0.15, 0.2) is 12.2 Å². The van der Waals surface area contributed by atoms with Crippen LogP contribution in [0.4, 0.5) is 0 Å². The van der Waals surface area contributed by atoms with Crippen LogP contribution in [-0.4, -0.2) is 25.7 Å². The summed E-state index contributed by atoms with van der Waals surface area (Å²) in [6.07, 6.45) is 4.63. The summed E-state index contributed by atoms with van der Waals surface area (Å²) in [5, 5.41) is 3.28. The summed E-state index contributed by atoms with van der Waals surface area (Å²) in [4.78, 5) is 10.9. The lowest BCUT2D eigenvalue weighted by Crippen LogP contribution is -2.17. The van der Waals surface area contributed by atoms with Gasteiger partial charge in [0.05, 0.1) is 6.61 Å². The summed E-state index contributed by atoms with van der Waals surface area (Å²) < 4.78 is 4.75. The lowest BCUT2D eigenvalue weighted by molar-refractivity contribution is -0.137. The quantitative estimate of drug-likeness (QED) is 0.397. The summed E-state index contributed by atoms with van der Waals surface area (Å²) in [5.74, 6) is 1.48. The van der Waals surface area contributed by atoms with Gasteiger partial charge in [0.2, 0.25) is 0 Å². The van der Waals surface area contributed by atoms with Gasteiger partial charge in [-0.15, -0.1) is 0 Å². The van der Waals surface area contributed by atoms with Crippen LogP contribution in [0.3, 0.4) is 0 Å². The fourth-order valence-electron chi connectivity index (χ4n) is 1.38. The second-order valence-corrected chi connectivity index (χ2v) is 3.79. The van der Waals surface area contributed by atoms with E-state index in [0.29, 0.717) is 6.61 Å². The third-order valence-electron chi connectivity index (χ3n) is 2.49. The highest BCUT2D eigenvalue weighted by atomic mass is 16.5. The zero-order chi connectivity index (χ0) is 10.4. The Morgan fingerprint density at radius 2 is 2.36 bits per heavy atom. The molecule has 0 spiro atoms. The second kappa shape index (κ2) is 5.81. The lowest BCUT2D eigenvalue weighted by atomic mass is 10.3. The van der Waals surface area contributed by atoms with Crippen molar-refractivity contribution in [3.8, 4) is 0 Å². The number of nitrogens with one attached hydrogen (secondary N) is 1. The van der Waals surface area contributed by atoms with E-state index in [9.17, 15) is 4.79 Å². The highest BCUT2D eigenvalue weighted by Crippen LogP contribution is 2.36. The zero-order valence-electron chi connectivity index (χ0n) is 8.95. The summed E-state index contributed by atoms with van der Waals surface area (Å²) >= 11 is 0. The molecule has 1 rings (SSSR count). The van der Waals surface area contributed by atoms with Crippen molar-refractivity contribution < 1.29 is 9.53 Å². The van der Waals surface area contributed by atoms with Crippen molar-refractivity contribution in [2.75, 3.05) is 19.7 Å². The van der Waals surface area contributed by atoms with Gasteiger partial charge in [0.15, 0.2) is 0 Å². The molecule has 1 N–H and O–H groups in total.